The maximum Gasteiger partial charge on any atom is 0.270 e. The van der Waals surface area contributed by atoms with E-state index in [-0.39, 0.29) is 36.6 Å². The number of nitrogens with zero attached hydrogens (tertiary/aromatic N) is 2. The van der Waals surface area contributed by atoms with Crippen molar-refractivity contribution in [2.75, 3.05) is 36.5 Å². The van der Waals surface area contributed by atoms with Crippen molar-refractivity contribution >= 4 is 41.4 Å². The van der Waals surface area contributed by atoms with Crippen LogP contribution in [0.25, 0.3) is 0 Å². The molecule has 5 N–H and O–H groups in total. The minimum Gasteiger partial charge on any atom is -0.385 e. The lowest BCUT2D eigenvalue weighted by Gasteiger charge is -2.26. The van der Waals surface area contributed by atoms with E-state index in [0.29, 0.717) is 30.8 Å². The summed E-state index contributed by atoms with van der Waals surface area (Å²) in [6.45, 7) is 7.35. The molecule has 1 atom stereocenters. The number of benzene rings is 2. The minimum absolute atomic E-state index is 0. The predicted molar refractivity (Wildman–Crippen MR) is 144 cm³/mol. The first kappa shape index (κ1) is 27.3. The number of fused-ring (bicyclic) bond motifs is 1. The molecule has 2 aliphatic rings. The van der Waals surface area contributed by atoms with E-state index in [9.17, 15) is 9.59 Å². The van der Waals surface area contributed by atoms with Gasteiger partial charge in [0.25, 0.3) is 11.8 Å². The standard InChI is InChI=1S/C26H34N6O3.ClH/c1-3-29-22-13-17(23(27)28)7-8-18(22)15-30-24(33)26(35-4-2)32-16-19-9-10-20(14-21(19)25(32)34)31-11-5-6-12-31;/h7-10,13-14,26,29H,3-6,11-12,15-16H2,1-2H3,(H3,27,28)(H,30,33);1H/t26-;/m0./s1. The normalized spacial score (nSPS) is 15.3. The third-order valence-electron chi connectivity index (χ3n) is 6.47. The van der Waals surface area contributed by atoms with Gasteiger partial charge in [0.05, 0.1) is 0 Å². The van der Waals surface area contributed by atoms with Gasteiger partial charge in [-0.3, -0.25) is 15.0 Å². The Morgan fingerprint density at radius 1 is 1.17 bits per heavy atom. The van der Waals surface area contributed by atoms with Gasteiger partial charge in [0.15, 0.2) is 0 Å². The Labute approximate surface area is 218 Å². The van der Waals surface area contributed by atoms with E-state index < -0.39 is 6.23 Å². The highest BCUT2D eigenvalue weighted by atomic mass is 35.5. The topological polar surface area (TPSA) is 124 Å². The number of halogens is 1. The van der Waals surface area contributed by atoms with E-state index in [2.05, 4.69) is 21.6 Å². The van der Waals surface area contributed by atoms with Crippen LogP contribution in [-0.4, -0.2) is 55.0 Å². The van der Waals surface area contributed by atoms with E-state index in [1.54, 1.807) is 12.1 Å². The van der Waals surface area contributed by atoms with Crippen molar-refractivity contribution in [3.8, 4) is 0 Å². The van der Waals surface area contributed by atoms with E-state index in [0.717, 1.165) is 48.4 Å². The van der Waals surface area contributed by atoms with E-state index in [1.165, 1.54) is 4.90 Å². The van der Waals surface area contributed by atoms with Gasteiger partial charge in [0, 0.05) is 61.8 Å². The van der Waals surface area contributed by atoms with Crippen LogP contribution in [0.15, 0.2) is 36.4 Å². The minimum atomic E-state index is -1.02. The second kappa shape index (κ2) is 12.1. The Hall–Kier alpha value is -3.30. The average Bonchev–Trinajstić information content (AvgIpc) is 3.50. The van der Waals surface area contributed by atoms with Crippen LogP contribution in [0, 0.1) is 5.41 Å². The Kier molecular flexibility index (Phi) is 9.17. The van der Waals surface area contributed by atoms with Crippen molar-refractivity contribution in [2.45, 2.75) is 46.0 Å². The third-order valence-corrected chi connectivity index (χ3v) is 6.47. The second-order valence-corrected chi connectivity index (χ2v) is 8.81. The highest BCUT2D eigenvalue weighted by Crippen LogP contribution is 2.30. The molecule has 0 saturated carbocycles. The Balaban J connectivity index is 0.00000361. The molecule has 0 bridgehead atoms. The molecule has 0 radical (unpaired) electrons. The Morgan fingerprint density at radius 2 is 1.92 bits per heavy atom. The van der Waals surface area contributed by atoms with Gasteiger partial charge in [0.1, 0.15) is 5.84 Å². The molecular formula is C26H35ClN6O3. The number of rotatable bonds is 10. The smallest absolute Gasteiger partial charge is 0.270 e. The summed E-state index contributed by atoms with van der Waals surface area (Å²) in [5.41, 5.74) is 10.5. The van der Waals surface area contributed by atoms with Crippen molar-refractivity contribution in [1.29, 1.82) is 5.41 Å². The van der Waals surface area contributed by atoms with E-state index >= 15 is 0 Å². The fourth-order valence-electron chi connectivity index (χ4n) is 4.66. The van der Waals surface area contributed by atoms with Crippen LogP contribution in [0.3, 0.4) is 0 Å². The van der Waals surface area contributed by atoms with Gasteiger partial charge in [-0.05, 0) is 56.0 Å². The highest BCUT2D eigenvalue weighted by Gasteiger charge is 2.37. The first-order chi connectivity index (χ1) is 16.9. The lowest BCUT2D eigenvalue weighted by atomic mass is 10.1. The molecule has 1 saturated heterocycles. The number of nitrogens with one attached hydrogen (secondary N) is 3. The molecule has 1 fully saturated rings. The van der Waals surface area contributed by atoms with Crippen LogP contribution < -0.4 is 21.3 Å². The van der Waals surface area contributed by atoms with Crippen LogP contribution in [0.4, 0.5) is 11.4 Å². The molecule has 36 heavy (non-hydrogen) atoms. The van der Waals surface area contributed by atoms with Crippen LogP contribution in [0.5, 0.6) is 0 Å². The van der Waals surface area contributed by atoms with Gasteiger partial charge in [-0.15, -0.1) is 12.4 Å². The fourth-order valence-corrected chi connectivity index (χ4v) is 4.66. The Bertz CT molecular complexity index is 1120. The van der Waals surface area contributed by atoms with Crippen molar-refractivity contribution < 1.29 is 14.3 Å². The number of hydrogen-bond donors (Lipinski definition) is 4. The maximum absolute atomic E-state index is 13.3. The van der Waals surface area contributed by atoms with Crippen LogP contribution >= 0.6 is 12.4 Å². The summed E-state index contributed by atoms with van der Waals surface area (Å²) in [6, 6.07) is 11.4. The maximum atomic E-state index is 13.3. The zero-order valence-corrected chi connectivity index (χ0v) is 21.6. The molecule has 194 valence electrons. The summed E-state index contributed by atoms with van der Waals surface area (Å²) in [6.07, 6.45) is 1.31. The van der Waals surface area contributed by atoms with Crippen LogP contribution in [0.2, 0.25) is 0 Å². The molecule has 2 heterocycles. The largest absolute Gasteiger partial charge is 0.385 e. The summed E-state index contributed by atoms with van der Waals surface area (Å²) >= 11 is 0. The van der Waals surface area contributed by atoms with Crippen molar-refractivity contribution in [1.82, 2.24) is 10.2 Å². The summed E-state index contributed by atoms with van der Waals surface area (Å²) in [4.78, 5) is 30.3. The van der Waals surface area contributed by atoms with Crippen molar-refractivity contribution in [3.05, 3.63) is 58.7 Å². The zero-order valence-electron chi connectivity index (χ0n) is 20.8. The van der Waals surface area contributed by atoms with E-state index in [4.69, 9.17) is 15.9 Å². The number of anilines is 2. The number of nitrogens with two attached hydrogens (primary N) is 1. The van der Waals surface area contributed by atoms with Crippen LogP contribution in [-0.2, 0) is 22.6 Å². The third kappa shape index (κ3) is 5.74. The van der Waals surface area contributed by atoms with E-state index in [1.807, 2.05) is 32.0 Å². The van der Waals surface area contributed by atoms with Gasteiger partial charge in [-0.25, -0.2) is 0 Å². The number of carbonyl (C=O) groups excluding carboxylic acids is 2. The van der Waals surface area contributed by atoms with Gasteiger partial charge < -0.3 is 30.9 Å². The molecule has 0 spiro atoms. The quantitative estimate of drug-likeness (QED) is 0.285. The predicted octanol–water partition coefficient (Wildman–Crippen LogP) is 3.06. The number of ether oxygens (including phenoxy) is 1. The lowest BCUT2D eigenvalue weighted by molar-refractivity contribution is -0.143. The van der Waals surface area contributed by atoms with Crippen LogP contribution in [0.1, 0.15) is 53.7 Å². The molecule has 0 aliphatic carbocycles. The summed E-state index contributed by atoms with van der Waals surface area (Å²) in [5.74, 6) is -0.573. The van der Waals surface area contributed by atoms with Gasteiger partial charge in [-0.2, -0.15) is 0 Å². The summed E-state index contributed by atoms with van der Waals surface area (Å²) in [5, 5.41) is 13.8. The number of nitrogen functional groups attached to an aromatic ring is 1. The molecule has 9 nitrogen and oxygen atoms in total. The number of amides is 2. The van der Waals surface area contributed by atoms with Crippen molar-refractivity contribution in [3.63, 3.8) is 0 Å². The molecular weight excluding hydrogens is 480 g/mol. The fraction of sp³-hybridized carbons (Fsp3) is 0.423. The molecule has 10 heteroatoms. The molecule has 2 aliphatic heterocycles. The summed E-state index contributed by atoms with van der Waals surface area (Å²) < 4.78 is 5.76. The number of carbonyl (C=O) groups is 2. The zero-order chi connectivity index (χ0) is 24.9. The summed E-state index contributed by atoms with van der Waals surface area (Å²) in [7, 11) is 0. The first-order valence-electron chi connectivity index (χ1n) is 12.2. The SMILES string of the molecule is CCNc1cc(C(=N)N)ccc1CNC(=O)[C@H](OCC)N1Cc2ccc(N3CCCC3)cc2C1=O.Cl. The molecule has 2 aromatic carbocycles. The lowest BCUT2D eigenvalue weighted by Crippen LogP contribution is -2.48. The highest BCUT2D eigenvalue weighted by molar-refractivity contribution is 6.01. The number of hydrogen-bond acceptors (Lipinski definition) is 6. The Morgan fingerprint density at radius 3 is 2.58 bits per heavy atom. The monoisotopic (exact) mass is 514 g/mol. The first-order valence-corrected chi connectivity index (χ1v) is 12.2. The average molecular weight is 515 g/mol. The van der Waals surface area contributed by atoms with Gasteiger partial charge >= 0.3 is 0 Å². The second-order valence-electron chi connectivity index (χ2n) is 8.81. The molecule has 2 amide bonds. The van der Waals surface area contributed by atoms with Crippen molar-refractivity contribution in [2.24, 2.45) is 5.73 Å². The molecule has 2 aromatic rings. The molecule has 0 unspecified atom stereocenters. The van der Waals surface area contributed by atoms with Gasteiger partial charge in [0.2, 0.25) is 6.23 Å². The molecule has 0 aromatic heterocycles. The number of amidine groups is 1. The van der Waals surface area contributed by atoms with Gasteiger partial charge in [-0.1, -0.05) is 18.2 Å². The molecule has 4 rings (SSSR count).